The molecular weight excluding hydrogens is 446 g/mol. The lowest BCUT2D eigenvalue weighted by atomic mass is 10.2. The van der Waals surface area contributed by atoms with Crippen LogP contribution in [0.1, 0.15) is 13.8 Å². The Hall–Kier alpha value is -3.30. The summed E-state index contributed by atoms with van der Waals surface area (Å²) in [5.41, 5.74) is 2.56. The second kappa shape index (κ2) is 11.9. The Morgan fingerprint density at radius 2 is 1.43 bits per heavy atom. The van der Waals surface area contributed by atoms with Crippen molar-refractivity contribution in [3.63, 3.8) is 0 Å². The van der Waals surface area contributed by atoms with E-state index in [1.807, 2.05) is 19.1 Å². The van der Waals surface area contributed by atoms with Crippen LogP contribution in [0.3, 0.4) is 0 Å². The smallest absolute Gasteiger partial charge is 0.238 e. The van der Waals surface area contributed by atoms with Crippen LogP contribution in [0.5, 0.6) is 11.5 Å². The van der Waals surface area contributed by atoms with Gasteiger partial charge < -0.3 is 29.9 Å². The van der Waals surface area contributed by atoms with E-state index in [0.717, 1.165) is 38.4 Å². The molecule has 1 fully saturated rings. The number of hydrogen-bond donors (Lipinski definition) is 2. The fourth-order valence-corrected chi connectivity index (χ4v) is 4.29. The van der Waals surface area contributed by atoms with Crippen LogP contribution in [0.2, 0.25) is 0 Å². The van der Waals surface area contributed by atoms with E-state index in [-0.39, 0.29) is 24.9 Å². The van der Waals surface area contributed by atoms with E-state index < -0.39 is 0 Å². The summed E-state index contributed by atoms with van der Waals surface area (Å²) in [4.78, 5) is 31.8. The zero-order chi connectivity index (χ0) is 24.6. The third kappa shape index (κ3) is 6.86. The van der Waals surface area contributed by atoms with Crippen molar-refractivity contribution in [2.45, 2.75) is 13.8 Å². The molecule has 0 unspecified atom stereocenters. The first kappa shape index (κ1) is 24.8. The number of likely N-dealkylation sites (N-methyl/N-ethyl adjacent to an activating group) is 2. The number of fused-ring (bicyclic) bond motifs is 1. The van der Waals surface area contributed by atoms with Crippen LogP contribution in [0.4, 0.5) is 17.1 Å². The summed E-state index contributed by atoms with van der Waals surface area (Å²) < 4.78 is 11.1. The van der Waals surface area contributed by atoms with E-state index in [0.29, 0.717) is 36.9 Å². The first-order valence-corrected chi connectivity index (χ1v) is 12.3. The van der Waals surface area contributed by atoms with Gasteiger partial charge in [0.15, 0.2) is 11.5 Å². The highest BCUT2D eigenvalue weighted by atomic mass is 16.6. The first-order chi connectivity index (χ1) is 17.0. The Labute approximate surface area is 207 Å². The minimum absolute atomic E-state index is 0.112. The minimum Gasteiger partial charge on any atom is -0.486 e. The Bertz CT molecular complexity index is 1010. The van der Waals surface area contributed by atoms with Gasteiger partial charge in [-0.15, -0.1) is 0 Å². The summed E-state index contributed by atoms with van der Waals surface area (Å²) in [6.45, 7) is 11.2. The van der Waals surface area contributed by atoms with Crippen molar-refractivity contribution in [1.29, 1.82) is 0 Å². The van der Waals surface area contributed by atoms with Crippen molar-refractivity contribution in [1.82, 2.24) is 9.80 Å². The van der Waals surface area contributed by atoms with E-state index in [1.54, 1.807) is 23.1 Å². The van der Waals surface area contributed by atoms with Gasteiger partial charge in [-0.1, -0.05) is 13.8 Å². The Kier molecular flexibility index (Phi) is 8.44. The average molecular weight is 482 g/mol. The van der Waals surface area contributed by atoms with Crippen LogP contribution in [0.25, 0.3) is 0 Å². The number of rotatable bonds is 9. The highest BCUT2D eigenvalue weighted by molar-refractivity contribution is 5.95. The molecule has 0 aromatic heterocycles. The Morgan fingerprint density at radius 1 is 0.829 bits per heavy atom. The molecule has 2 heterocycles. The van der Waals surface area contributed by atoms with Crippen LogP contribution < -0.4 is 25.0 Å². The molecule has 2 aliphatic rings. The van der Waals surface area contributed by atoms with Crippen LogP contribution in [-0.2, 0) is 9.59 Å². The van der Waals surface area contributed by atoms with E-state index in [9.17, 15) is 9.59 Å². The van der Waals surface area contributed by atoms with Crippen LogP contribution in [0.15, 0.2) is 42.5 Å². The SMILES string of the molecule is CCN1CCN(c2ccc(NC(=O)CN(CC)CC(=O)Nc3ccc4c(c3)OCCO4)cc2)CC1. The van der Waals surface area contributed by atoms with E-state index in [1.165, 1.54) is 5.69 Å². The van der Waals surface area contributed by atoms with Gasteiger partial charge in [0, 0.05) is 49.3 Å². The fraction of sp³-hybridized carbons (Fsp3) is 0.462. The summed E-state index contributed by atoms with van der Waals surface area (Å²) in [5.74, 6) is 0.954. The molecule has 9 nitrogen and oxygen atoms in total. The molecule has 2 aliphatic heterocycles. The zero-order valence-corrected chi connectivity index (χ0v) is 20.6. The number of anilines is 3. The summed E-state index contributed by atoms with van der Waals surface area (Å²) in [5, 5.41) is 5.81. The second-order valence-electron chi connectivity index (χ2n) is 8.73. The third-order valence-corrected chi connectivity index (χ3v) is 6.34. The van der Waals surface area contributed by atoms with Crippen molar-refractivity contribution in [2.75, 3.05) is 81.1 Å². The molecule has 35 heavy (non-hydrogen) atoms. The molecule has 2 N–H and O–H groups in total. The van der Waals surface area contributed by atoms with Gasteiger partial charge in [-0.25, -0.2) is 0 Å². The number of nitrogens with zero attached hydrogens (tertiary/aromatic N) is 3. The molecule has 0 radical (unpaired) electrons. The largest absolute Gasteiger partial charge is 0.486 e. The fourth-order valence-electron chi connectivity index (χ4n) is 4.29. The number of carbonyl (C=O) groups is 2. The number of carbonyl (C=O) groups excluding carboxylic acids is 2. The number of piperazine rings is 1. The van der Waals surface area contributed by atoms with E-state index >= 15 is 0 Å². The number of nitrogens with one attached hydrogen (secondary N) is 2. The molecule has 0 aliphatic carbocycles. The highest BCUT2D eigenvalue weighted by Crippen LogP contribution is 2.32. The normalized spacial score (nSPS) is 15.7. The van der Waals surface area contributed by atoms with Crippen LogP contribution in [-0.4, -0.2) is 87.2 Å². The van der Waals surface area contributed by atoms with Gasteiger partial charge >= 0.3 is 0 Å². The summed E-state index contributed by atoms with van der Waals surface area (Å²) >= 11 is 0. The minimum atomic E-state index is -0.191. The van der Waals surface area contributed by atoms with Crippen molar-refractivity contribution in [2.24, 2.45) is 0 Å². The van der Waals surface area contributed by atoms with Gasteiger partial charge in [0.2, 0.25) is 11.8 Å². The van der Waals surface area contributed by atoms with Gasteiger partial charge in [0.25, 0.3) is 0 Å². The molecule has 188 valence electrons. The molecular formula is C26H35N5O4. The van der Waals surface area contributed by atoms with Gasteiger partial charge in [0.05, 0.1) is 13.1 Å². The molecule has 0 spiro atoms. The first-order valence-electron chi connectivity index (χ1n) is 12.3. The third-order valence-electron chi connectivity index (χ3n) is 6.34. The predicted octanol–water partition coefficient (Wildman–Crippen LogP) is 2.50. The predicted molar refractivity (Wildman–Crippen MR) is 138 cm³/mol. The monoisotopic (exact) mass is 481 g/mol. The number of hydrogen-bond acceptors (Lipinski definition) is 7. The van der Waals surface area contributed by atoms with Crippen LogP contribution >= 0.6 is 0 Å². The standard InChI is InChI=1S/C26H35N5O4/c1-3-29-11-13-31(14-12-29)22-8-5-20(6-9-22)27-25(32)18-30(4-2)19-26(33)28-21-7-10-23-24(17-21)35-16-15-34-23/h5-10,17H,3-4,11-16,18-19H2,1-2H3,(H,27,32)(H,28,33). The van der Waals surface area contributed by atoms with Crippen molar-refractivity contribution >= 4 is 28.9 Å². The molecule has 0 saturated carbocycles. The van der Waals surface area contributed by atoms with Gasteiger partial charge in [-0.2, -0.15) is 0 Å². The van der Waals surface area contributed by atoms with Crippen molar-refractivity contribution < 1.29 is 19.1 Å². The quantitative estimate of drug-likeness (QED) is 0.569. The lowest BCUT2D eigenvalue weighted by molar-refractivity contribution is -0.119. The summed E-state index contributed by atoms with van der Waals surface area (Å²) in [6, 6.07) is 13.3. The maximum atomic E-state index is 12.6. The maximum absolute atomic E-state index is 12.6. The maximum Gasteiger partial charge on any atom is 0.238 e. The second-order valence-corrected chi connectivity index (χ2v) is 8.73. The molecule has 0 bridgehead atoms. The van der Waals surface area contributed by atoms with Gasteiger partial charge in [-0.05, 0) is 49.5 Å². The Morgan fingerprint density at radius 3 is 2.06 bits per heavy atom. The van der Waals surface area contributed by atoms with E-state index in [2.05, 4.69) is 39.5 Å². The van der Waals surface area contributed by atoms with Crippen molar-refractivity contribution in [3.05, 3.63) is 42.5 Å². The molecule has 9 heteroatoms. The topological polar surface area (TPSA) is 86.4 Å². The molecule has 1 saturated heterocycles. The van der Waals surface area contributed by atoms with Gasteiger partial charge in [0.1, 0.15) is 13.2 Å². The zero-order valence-electron chi connectivity index (χ0n) is 20.6. The summed E-state index contributed by atoms with van der Waals surface area (Å²) in [6.07, 6.45) is 0. The molecule has 2 aromatic carbocycles. The Balaban J connectivity index is 1.24. The van der Waals surface area contributed by atoms with Crippen molar-refractivity contribution in [3.8, 4) is 11.5 Å². The van der Waals surface area contributed by atoms with Gasteiger partial charge in [-0.3, -0.25) is 14.5 Å². The lowest BCUT2D eigenvalue weighted by Gasteiger charge is -2.35. The molecule has 4 rings (SSSR count). The highest BCUT2D eigenvalue weighted by Gasteiger charge is 2.17. The number of benzene rings is 2. The van der Waals surface area contributed by atoms with E-state index in [4.69, 9.17) is 9.47 Å². The molecule has 2 aromatic rings. The molecule has 2 amide bonds. The number of amides is 2. The van der Waals surface area contributed by atoms with Crippen LogP contribution in [0, 0.1) is 0 Å². The lowest BCUT2D eigenvalue weighted by Crippen LogP contribution is -2.46. The average Bonchev–Trinajstić information content (AvgIpc) is 2.88. The molecule has 0 atom stereocenters. The number of ether oxygens (including phenoxy) is 2. The summed E-state index contributed by atoms with van der Waals surface area (Å²) in [7, 11) is 0.